The van der Waals surface area contributed by atoms with Crippen molar-refractivity contribution in [3.05, 3.63) is 18.3 Å². The zero-order chi connectivity index (χ0) is 12.8. The van der Waals surface area contributed by atoms with Crippen LogP contribution < -0.4 is 15.4 Å². The standard InChI is InChI=1S/C12H19N3O2/c1-8(2)17-12-10(6-5-7-14-12)15-9(3)11(16)13-4/h5-9,15H,1-4H3,(H,13,16). The van der Waals surface area contributed by atoms with Gasteiger partial charge in [0.15, 0.2) is 0 Å². The Balaban J connectivity index is 2.79. The van der Waals surface area contributed by atoms with Gasteiger partial charge in [-0.1, -0.05) is 0 Å². The van der Waals surface area contributed by atoms with Crippen molar-refractivity contribution in [2.75, 3.05) is 12.4 Å². The summed E-state index contributed by atoms with van der Waals surface area (Å²) in [4.78, 5) is 15.6. The van der Waals surface area contributed by atoms with E-state index in [9.17, 15) is 4.79 Å². The molecule has 2 N–H and O–H groups in total. The molecule has 5 nitrogen and oxygen atoms in total. The first kappa shape index (κ1) is 13.3. The van der Waals surface area contributed by atoms with Gasteiger partial charge >= 0.3 is 0 Å². The first-order valence-electron chi connectivity index (χ1n) is 5.64. The number of nitrogens with one attached hydrogen (secondary N) is 2. The van der Waals surface area contributed by atoms with E-state index < -0.39 is 0 Å². The van der Waals surface area contributed by atoms with Crippen LogP contribution in [0.5, 0.6) is 5.88 Å². The molecule has 1 amide bonds. The average molecular weight is 237 g/mol. The summed E-state index contributed by atoms with van der Waals surface area (Å²) in [7, 11) is 1.61. The van der Waals surface area contributed by atoms with E-state index in [0.29, 0.717) is 5.88 Å². The van der Waals surface area contributed by atoms with Gasteiger partial charge < -0.3 is 15.4 Å². The van der Waals surface area contributed by atoms with E-state index in [1.807, 2.05) is 19.9 Å². The Morgan fingerprint density at radius 2 is 2.12 bits per heavy atom. The second kappa shape index (κ2) is 6.08. The van der Waals surface area contributed by atoms with E-state index in [2.05, 4.69) is 15.6 Å². The highest BCUT2D eigenvalue weighted by Crippen LogP contribution is 2.22. The van der Waals surface area contributed by atoms with Crippen LogP contribution in [0, 0.1) is 0 Å². The van der Waals surface area contributed by atoms with Crippen LogP contribution >= 0.6 is 0 Å². The van der Waals surface area contributed by atoms with Crippen molar-refractivity contribution in [1.82, 2.24) is 10.3 Å². The molecule has 0 fully saturated rings. The molecule has 0 bridgehead atoms. The number of anilines is 1. The molecule has 0 radical (unpaired) electrons. The third-order valence-electron chi connectivity index (χ3n) is 2.13. The fraction of sp³-hybridized carbons (Fsp3) is 0.500. The van der Waals surface area contributed by atoms with Crippen molar-refractivity contribution in [3.8, 4) is 5.88 Å². The number of likely N-dealkylation sites (N-methyl/N-ethyl adjacent to an activating group) is 1. The molecule has 5 heteroatoms. The normalized spacial score (nSPS) is 12.1. The van der Waals surface area contributed by atoms with E-state index in [1.165, 1.54) is 0 Å². The topological polar surface area (TPSA) is 63.2 Å². The summed E-state index contributed by atoms with van der Waals surface area (Å²) in [5.74, 6) is 0.433. The maximum atomic E-state index is 11.4. The van der Waals surface area contributed by atoms with Crippen molar-refractivity contribution < 1.29 is 9.53 Å². The van der Waals surface area contributed by atoms with E-state index in [-0.39, 0.29) is 18.1 Å². The minimum Gasteiger partial charge on any atom is -0.473 e. The lowest BCUT2D eigenvalue weighted by atomic mass is 10.3. The second-order valence-corrected chi connectivity index (χ2v) is 4.00. The number of ether oxygens (including phenoxy) is 1. The van der Waals surface area contributed by atoms with Crippen LogP contribution in [0.15, 0.2) is 18.3 Å². The zero-order valence-electron chi connectivity index (χ0n) is 10.7. The maximum absolute atomic E-state index is 11.4. The van der Waals surface area contributed by atoms with Crippen LogP contribution in [0.1, 0.15) is 20.8 Å². The number of carbonyl (C=O) groups is 1. The maximum Gasteiger partial charge on any atom is 0.241 e. The van der Waals surface area contributed by atoms with Gasteiger partial charge in [-0.15, -0.1) is 0 Å². The van der Waals surface area contributed by atoms with Gasteiger partial charge in [-0.2, -0.15) is 0 Å². The van der Waals surface area contributed by atoms with Gasteiger partial charge in [-0.3, -0.25) is 4.79 Å². The molecule has 94 valence electrons. The van der Waals surface area contributed by atoms with Crippen molar-refractivity contribution >= 4 is 11.6 Å². The first-order valence-corrected chi connectivity index (χ1v) is 5.64. The summed E-state index contributed by atoms with van der Waals surface area (Å²) >= 11 is 0. The van der Waals surface area contributed by atoms with Gasteiger partial charge in [0, 0.05) is 13.2 Å². The van der Waals surface area contributed by atoms with Gasteiger partial charge in [0.1, 0.15) is 6.04 Å². The molecular formula is C12H19N3O2. The molecule has 1 heterocycles. The number of nitrogens with zero attached hydrogens (tertiary/aromatic N) is 1. The first-order chi connectivity index (χ1) is 8.04. The highest BCUT2D eigenvalue weighted by molar-refractivity contribution is 5.84. The summed E-state index contributed by atoms with van der Waals surface area (Å²) in [6.07, 6.45) is 1.70. The van der Waals surface area contributed by atoms with E-state index >= 15 is 0 Å². The predicted molar refractivity (Wildman–Crippen MR) is 67.2 cm³/mol. The molecule has 1 unspecified atom stereocenters. The Morgan fingerprint density at radius 3 is 2.71 bits per heavy atom. The molecule has 0 saturated heterocycles. The lowest BCUT2D eigenvalue weighted by Crippen LogP contribution is -2.35. The fourth-order valence-electron chi connectivity index (χ4n) is 1.33. The highest BCUT2D eigenvalue weighted by atomic mass is 16.5. The van der Waals surface area contributed by atoms with Crippen LogP contribution in [0.4, 0.5) is 5.69 Å². The monoisotopic (exact) mass is 237 g/mol. The molecule has 17 heavy (non-hydrogen) atoms. The Morgan fingerprint density at radius 1 is 1.41 bits per heavy atom. The number of rotatable bonds is 5. The van der Waals surface area contributed by atoms with Crippen LogP contribution in [0.25, 0.3) is 0 Å². The number of carbonyl (C=O) groups excluding carboxylic acids is 1. The smallest absolute Gasteiger partial charge is 0.241 e. The summed E-state index contributed by atoms with van der Waals surface area (Å²) in [6, 6.07) is 3.30. The number of hydrogen-bond acceptors (Lipinski definition) is 4. The summed E-state index contributed by atoms with van der Waals surface area (Å²) in [5, 5.41) is 5.65. The van der Waals surface area contributed by atoms with E-state index in [4.69, 9.17) is 4.74 Å². The molecule has 0 aliphatic carbocycles. The van der Waals surface area contributed by atoms with Crippen LogP contribution in [0.3, 0.4) is 0 Å². The molecule has 0 aromatic carbocycles. The van der Waals surface area contributed by atoms with E-state index in [0.717, 1.165) is 5.69 Å². The molecule has 0 aliphatic rings. The molecule has 0 saturated carbocycles. The molecular weight excluding hydrogens is 218 g/mol. The van der Waals surface area contributed by atoms with Crippen molar-refractivity contribution in [3.63, 3.8) is 0 Å². The van der Waals surface area contributed by atoms with E-state index in [1.54, 1.807) is 26.2 Å². The third-order valence-corrected chi connectivity index (χ3v) is 2.13. The largest absolute Gasteiger partial charge is 0.473 e. The Hall–Kier alpha value is -1.78. The van der Waals surface area contributed by atoms with Gasteiger partial charge in [0.05, 0.1) is 11.8 Å². The van der Waals surface area contributed by atoms with Crippen molar-refractivity contribution in [2.24, 2.45) is 0 Å². The molecule has 1 aromatic heterocycles. The number of pyridine rings is 1. The Bertz CT molecular complexity index is 380. The number of hydrogen-bond donors (Lipinski definition) is 2. The third kappa shape index (κ3) is 3.94. The predicted octanol–water partition coefficient (Wildman–Crippen LogP) is 1.42. The van der Waals surface area contributed by atoms with Crippen molar-refractivity contribution in [2.45, 2.75) is 32.9 Å². The average Bonchev–Trinajstić information content (AvgIpc) is 2.29. The van der Waals surface area contributed by atoms with Crippen LogP contribution in [-0.2, 0) is 4.79 Å². The molecule has 1 rings (SSSR count). The molecule has 1 aromatic rings. The van der Waals surface area contributed by atoms with Crippen LogP contribution in [0.2, 0.25) is 0 Å². The minimum absolute atomic E-state index is 0.0424. The SMILES string of the molecule is CNC(=O)C(C)Nc1cccnc1OC(C)C. The van der Waals surface area contributed by atoms with Gasteiger partial charge in [-0.05, 0) is 32.9 Å². The summed E-state index contributed by atoms with van der Waals surface area (Å²) < 4.78 is 5.55. The number of aromatic nitrogens is 1. The highest BCUT2D eigenvalue weighted by Gasteiger charge is 2.14. The van der Waals surface area contributed by atoms with Gasteiger partial charge in [-0.25, -0.2) is 4.98 Å². The molecule has 1 atom stereocenters. The summed E-state index contributed by atoms with van der Waals surface area (Å²) in [6.45, 7) is 5.65. The number of amides is 1. The minimum atomic E-state index is -0.335. The van der Waals surface area contributed by atoms with Crippen molar-refractivity contribution in [1.29, 1.82) is 0 Å². The lowest BCUT2D eigenvalue weighted by Gasteiger charge is -2.17. The molecule has 0 aliphatic heterocycles. The zero-order valence-corrected chi connectivity index (χ0v) is 10.7. The quantitative estimate of drug-likeness (QED) is 0.813. The van der Waals surface area contributed by atoms with Gasteiger partial charge in [0.2, 0.25) is 11.8 Å². The molecule has 0 spiro atoms. The Labute approximate surface area is 102 Å². The Kier molecular flexibility index (Phi) is 4.75. The fourth-order valence-corrected chi connectivity index (χ4v) is 1.33. The van der Waals surface area contributed by atoms with Crippen LogP contribution in [-0.4, -0.2) is 30.1 Å². The summed E-state index contributed by atoms with van der Waals surface area (Å²) in [5.41, 5.74) is 0.720. The lowest BCUT2D eigenvalue weighted by molar-refractivity contribution is -0.121. The van der Waals surface area contributed by atoms with Gasteiger partial charge in [0.25, 0.3) is 0 Å². The second-order valence-electron chi connectivity index (χ2n) is 4.00.